The van der Waals surface area contributed by atoms with Gasteiger partial charge in [0, 0.05) is 19.6 Å². The van der Waals surface area contributed by atoms with Crippen LogP contribution in [0.4, 0.5) is 0 Å². The van der Waals surface area contributed by atoms with Crippen molar-refractivity contribution in [2.75, 3.05) is 26.7 Å². The molecule has 9 nitrogen and oxygen atoms in total. The highest BCUT2D eigenvalue weighted by atomic mass is 35.5. The highest BCUT2D eigenvalue weighted by molar-refractivity contribution is 5.85. The van der Waals surface area contributed by atoms with Crippen molar-refractivity contribution in [2.45, 2.75) is 32.9 Å². The minimum absolute atomic E-state index is 0. The lowest BCUT2D eigenvalue weighted by atomic mass is 10.2. The molecule has 1 aromatic carbocycles. The standard InChI is InChI=1S/C19H25N7O2.ClH/c1-12(2)27-15-7-5-14(6-8-15)26-13(3)17(22-24-26)19-21-18(23-28-19)16-11-20-9-10-25(16)4;/h5-8,12,16,20H,9-11H2,1-4H3;1H. The van der Waals surface area contributed by atoms with Gasteiger partial charge in [0.15, 0.2) is 11.5 Å². The van der Waals surface area contributed by atoms with E-state index in [4.69, 9.17) is 9.26 Å². The van der Waals surface area contributed by atoms with Gasteiger partial charge in [-0.25, -0.2) is 4.68 Å². The van der Waals surface area contributed by atoms with Crippen LogP contribution in [0, 0.1) is 6.92 Å². The fourth-order valence-corrected chi connectivity index (χ4v) is 3.27. The number of benzene rings is 1. The topological polar surface area (TPSA) is 94.1 Å². The molecular formula is C19H26ClN7O2. The molecule has 0 radical (unpaired) electrons. The van der Waals surface area contributed by atoms with Gasteiger partial charge >= 0.3 is 0 Å². The van der Waals surface area contributed by atoms with Gasteiger partial charge in [-0.15, -0.1) is 17.5 Å². The van der Waals surface area contributed by atoms with Gasteiger partial charge in [-0.05, 0) is 52.1 Å². The molecule has 1 unspecified atom stereocenters. The molecule has 29 heavy (non-hydrogen) atoms. The number of nitrogens with one attached hydrogen (secondary N) is 1. The Morgan fingerprint density at radius 2 is 2.00 bits per heavy atom. The average molecular weight is 420 g/mol. The second kappa shape index (κ2) is 8.89. The molecule has 10 heteroatoms. The molecule has 1 saturated heterocycles. The Morgan fingerprint density at radius 3 is 2.69 bits per heavy atom. The summed E-state index contributed by atoms with van der Waals surface area (Å²) in [4.78, 5) is 6.79. The van der Waals surface area contributed by atoms with Crippen LogP contribution in [0.2, 0.25) is 0 Å². The molecule has 0 saturated carbocycles. The Hall–Kier alpha value is -2.49. The van der Waals surface area contributed by atoms with Crippen LogP contribution in [0.5, 0.6) is 5.75 Å². The van der Waals surface area contributed by atoms with Crippen molar-refractivity contribution in [3.63, 3.8) is 0 Å². The first-order chi connectivity index (χ1) is 13.5. The van der Waals surface area contributed by atoms with Gasteiger partial charge in [-0.1, -0.05) is 10.4 Å². The van der Waals surface area contributed by atoms with Crippen LogP contribution in [-0.4, -0.2) is 62.8 Å². The van der Waals surface area contributed by atoms with Crippen LogP contribution in [0.25, 0.3) is 17.3 Å². The van der Waals surface area contributed by atoms with E-state index in [1.165, 1.54) is 0 Å². The van der Waals surface area contributed by atoms with E-state index in [2.05, 4.69) is 37.7 Å². The van der Waals surface area contributed by atoms with Gasteiger partial charge in [0.25, 0.3) is 5.89 Å². The van der Waals surface area contributed by atoms with E-state index in [-0.39, 0.29) is 24.6 Å². The summed E-state index contributed by atoms with van der Waals surface area (Å²) in [6.07, 6.45) is 0.135. The Balaban J connectivity index is 0.00000240. The third kappa shape index (κ3) is 4.42. The molecule has 4 rings (SSSR count). The maximum absolute atomic E-state index is 5.69. The zero-order valence-corrected chi connectivity index (χ0v) is 17.8. The van der Waals surface area contributed by atoms with E-state index in [0.717, 1.165) is 36.8 Å². The van der Waals surface area contributed by atoms with Crippen molar-refractivity contribution >= 4 is 12.4 Å². The number of likely N-dealkylation sites (N-methyl/N-ethyl adjacent to an activating group) is 1. The van der Waals surface area contributed by atoms with Crippen LogP contribution in [-0.2, 0) is 0 Å². The van der Waals surface area contributed by atoms with E-state index in [1.807, 2.05) is 45.0 Å². The summed E-state index contributed by atoms with van der Waals surface area (Å²) >= 11 is 0. The fourth-order valence-electron chi connectivity index (χ4n) is 3.27. The summed E-state index contributed by atoms with van der Waals surface area (Å²) in [5, 5.41) is 16.1. The van der Waals surface area contributed by atoms with E-state index >= 15 is 0 Å². The Labute approximate surface area is 175 Å². The predicted octanol–water partition coefficient (Wildman–Crippen LogP) is 2.41. The molecule has 2 aromatic heterocycles. The summed E-state index contributed by atoms with van der Waals surface area (Å²) in [5.41, 5.74) is 2.32. The quantitative estimate of drug-likeness (QED) is 0.673. The lowest BCUT2D eigenvalue weighted by Crippen LogP contribution is -2.44. The SMILES string of the molecule is Cc1c(-c2nc(C3CNCCN3C)no2)nnn1-c1ccc(OC(C)C)cc1.Cl. The third-order valence-electron chi connectivity index (χ3n) is 4.80. The highest BCUT2D eigenvalue weighted by Gasteiger charge is 2.27. The summed E-state index contributed by atoms with van der Waals surface area (Å²) in [5.74, 6) is 1.87. The average Bonchev–Trinajstić information content (AvgIpc) is 3.29. The van der Waals surface area contributed by atoms with Crippen LogP contribution < -0.4 is 10.1 Å². The van der Waals surface area contributed by atoms with Gasteiger partial charge in [0.2, 0.25) is 0 Å². The third-order valence-corrected chi connectivity index (χ3v) is 4.80. The molecule has 1 N–H and O–H groups in total. The largest absolute Gasteiger partial charge is 0.491 e. The van der Waals surface area contributed by atoms with Crippen LogP contribution in [0.3, 0.4) is 0 Å². The zero-order chi connectivity index (χ0) is 19.7. The Bertz CT molecular complexity index is 938. The first-order valence-corrected chi connectivity index (χ1v) is 9.47. The van der Waals surface area contributed by atoms with Crippen LogP contribution >= 0.6 is 12.4 Å². The van der Waals surface area contributed by atoms with Crippen LogP contribution in [0.1, 0.15) is 31.4 Å². The number of hydrogen-bond donors (Lipinski definition) is 1. The zero-order valence-electron chi connectivity index (χ0n) is 17.0. The fraction of sp³-hybridized carbons (Fsp3) is 0.474. The molecule has 1 fully saturated rings. The summed E-state index contributed by atoms with van der Waals surface area (Å²) in [6.45, 7) is 8.65. The maximum atomic E-state index is 5.69. The van der Waals surface area contributed by atoms with E-state index < -0.39 is 0 Å². The van der Waals surface area contributed by atoms with Crippen molar-refractivity contribution in [2.24, 2.45) is 0 Å². The lowest BCUT2D eigenvalue weighted by molar-refractivity contribution is 0.190. The molecule has 1 aliphatic rings. The van der Waals surface area contributed by atoms with E-state index in [0.29, 0.717) is 17.4 Å². The number of rotatable bonds is 5. The number of ether oxygens (including phenoxy) is 1. The molecule has 0 spiro atoms. The monoisotopic (exact) mass is 419 g/mol. The van der Waals surface area contributed by atoms with Crippen molar-refractivity contribution in [3.8, 4) is 23.0 Å². The number of nitrogens with zero attached hydrogens (tertiary/aromatic N) is 6. The molecular weight excluding hydrogens is 394 g/mol. The second-order valence-corrected chi connectivity index (χ2v) is 7.25. The molecule has 1 aliphatic heterocycles. The minimum Gasteiger partial charge on any atom is -0.491 e. The smallest absolute Gasteiger partial charge is 0.280 e. The van der Waals surface area contributed by atoms with Crippen molar-refractivity contribution < 1.29 is 9.26 Å². The first kappa shape index (κ1) is 21.2. The maximum Gasteiger partial charge on any atom is 0.280 e. The van der Waals surface area contributed by atoms with Gasteiger partial charge in [-0.2, -0.15) is 4.98 Å². The van der Waals surface area contributed by atoms with Gasteiger partial charge in [0.1, 0.15) is 5.75 Å². The highest BCUT2D eigenvalue weighted by Crippen LogP contribution is 2.25. The number of hydrogen-bond acceptors (Lipinski definition) is 8. The molecule has 156 valence electrons. The summed E-state index contributed by atoms with van der Waals surface area (Å²) < 4.78 is 12.9. The predicted molar refractivity (Wildman–Crippen MR) is 111 cm³/mol. The van der Waals surface area contributed by atoms with Crippen LogP contribution in [0.15, 0.2) is 28.8 Å². The minimum atomic E-state index is 0. The Morgan fingerprint density at radius 1 is 1.24 bits per heavy atom. The Kier molecular flexibility index (Phi) is 6.51. The van der Waals surface area contributed by atoms with E-state index in [9.17, 15) is 0 Å². The normalized spacial score (nSPS) is 17.3. The van der Waals surface area contributed by atoms with Gasteiger partial charge in [-0.3, -0.25) is 4.90 Å². The first-order valence-electron chi connectivity index (χ1n) is 9.47. The van der Waals surface area contributed by atoms with E-state index in [1.54, 1.807) is 4.68 Å². The molecule has 3 heterocycles. The molecule has 0 aliphatic carbocycles. The molecule has 0 bridgehead atoms. The number of aromatic nitrogens is 5. The molecule has 3 aromatic rings. The summed E-state index contributed by atoms with van der Waals surface area (Å²) in [6, 6.07) is 7.84. The van der Waals surface area contributed by atoms with Gasteiger partial charge < -0.3 is 14.6 Å². The number of piperazine rings is 1. The second-order valence-electron chi connectivity index (χ2n) is 7.25. The molecule has 0 amide bonds. The summed E-state index contributed by atoms with van der Waals surface area (Å²) in [7, 11) is 2.07. The van der Waals surface area contributed by atoms with Crippen molar-refractivity contribution in [1.82, 2.24) is 35.4 Å². The van der Waals surface area contributed by atoms with Crippen molar-refractivity contribution in [3.05, 3.63) is 35.8 Å². The van der Waals surface area contributed by atoms with Crippen molar-refractivity contribution in [1.29, 1.82) is 0 Å². The van der Waals surface area contributed by atoms with Gasteiger partial charge in [0.05, 0.1) is 23.5 Å². The molecule has 1 atom stereocenters. The lowest BCUT2D eigenvalue weighted by Gasteiger charge is -2.30. The number of halogens is 1.